The van der Waals surface area contributed by atoms with Gasteiger partial charge in [0.1, 0.15) is 48.8 Å². The zero-order valence-corrected chi connectivity index (χ0v) is 57.6. The third-order valence-electron chi connectivity index (χ3n) is 17.8. The van der Waals surface area contributed by atoms with Crippen LogP contribution in [-0.2, 0) is 23.7 Å². The monoisotopic (exact) mass is 1280 g/mol. The van der Waals surface area contributed by atoms with Crippen LogP contribution in [0.4, 0.5) is 0 Å². The minimum atomic E-state index is -1.80. The standard InChI is InChI=1S/C77H137NO13/c1-3-5-7-9-11-13-15-17-19-21-23-25-27-29-30-31-32-33-34-35-37-38-40-42-44-46-48-50-52-54-56-58-60-66(81)65(64-88-76-74(87)72(85)75(68(63-80)90-76)91-77-73(86)71(84)70(83)67(62-79)89-77)78-69(82)61-59-57-55-53-51-49-47-45-43-41-39-36-28-26-24-22-20-18-16-14-12-10-8-6-4-2/h6,8,12,14,18,20,24,26,36,39,50,52,58,60,65-68,70-77,79-81,83-87H,3-5,7,9-11,13,15-17,19,21-23,25,27-35,37-38,40-49,51,53-57,59,61-64H2,1-2H3,(H,78,82)/b8-6-,14-12-,20-18-,26-24-,39-36-,52-50+,60-58+. The van der Waals surface area contributed by atoms with E-state index in [9.17, 15) is 45.6 Å². The van der Waals surface area contributed by atoms with E-state index in [0.29, 0.717) is 12.8 Å². The van der Waals surface area contributed by atoms with Crippen molar-refractivity contribution in [2.75, 3.05) is 19.8 Å². The van der Waals surface area contributed by atoms with Gasteiger partial charge < -0.3 is 65.1 Å². The van der Waals surface area contributed by atoms with E-state index in [0.717, 1.165) is 70.6 Å². The molecule has 0 aromatic rings. The first-order valence-electron chi connectivity index (χ1n) is 37.3. The third kappa shape index (κ3) is 44.5. The maximum absolute atomic E-state index is 13.3. The van der Waals surface area contributed by atoms with Gasteiger partial charge in [-0.3, -0.25) is 4.79 Å². The van der Waals surface area contributed by atoms with Gasteiger partial charge in [-0.25, -0.2) is 0 Å². The fourth-order valence-corrected chi connectivity index (χ4v) is 11.9. The van der Waals surface area contributed by atoms with E-state index in [-0.39, 0.29) is 18.9 Å². The van der Waals surface area contributed by atoms with E-state index in [1.54, 1.807) is 6.08 Å². The lowest BCUT2D eigenvalue weighted by atomic mass is 9.97. The molecule has 1 amide bonds. The van der Waals surface area contributed by atoms with E-state index in [1.807, 2.05) is 6.08 Å². The number of hydrogen-bond acceptors (Lipinski definition) is 13. The van der Waals surface area contributed by atoms with Crippen molar-refractivity contribution in [1.29, 1.82) is 0 Å². The molecule has 14 nitrogen and oxygen atoms in total. The van der Waals surface area contributed by atoms with Crippen LogP contribution in [0.3, 0.4) is 0 Å². The summed E-state index contributed by atoms with van der Waals surface area (Å²) in [5.74, 6) is -0.256. The molecule has 2 fully saturated rings. The van der Waals surface area contributed by atoms with Gasteiger partial charge >= 0.3 is 0 Å². The smallest absolute Gasteiger partial charge is 0.220 e. The predicted molar refractivity (Wildman–Crippen MR) is 373 cm³/mol. The molecule has 0 saturated carbocycles. The van der Waals surface area contributed by atoms with Gasteiger partial charge in [-0.15, -0.1) is 0 Å². The van der Waals surface area contributed by atoms with Crippen molar-refractivity contribution in [3.63, 3.8) is 0 Å². The molecule has 12 atom stereocenters. The minimum Gasteiger partial charge on any atom is -0.394 e. The van der Waals surface area contributed by atoms with E-state index in [1.165, 1.54) is 199 Å². The summed E-state index contributed by atoms with van der Waals surface area (Å²) in [4.78, 5) is 13.3. The van der Waals surface area contributed by atoms with Gasteiger partial charge in [-0.1, -0.05) is 304 Å². The number of nitrogens with one attached hydrogen (secondary N) is 1. The Kier molecular flexibility index (Phi) is 56.3. The van der Waals surface area contributed by atoms with Crippen molar-refractivity contribution in [3.05, 3.63) is 85.1 Å². The van der Waals surface area contributed by atoms with Crippen molar-refractivity contribution in [2.24, 2.45) is 0 Å². The maximum atomic E-state index is 13.3. The molecule has 0 bridgehead atoms. The van der Waals surface area contributed by atoms with E-state index >= 15 is 0 Å². The van der Waals surface area contributed by atoms with Gasteiger partial charge in [0.2, 0.25) is 5.91 Å². The van der Waals surface area contributed by atoms with E-state index < -0.39 is 86.8 Å². The summed E-state index contributed by atoms with van der Waals surface area (Å²) in [7, 11) is 0. The Bertz CT molecular complexity index is 1850. The highest BCUT2D eigenvalue weighted by Crippen LogP contribution is 2.30. The second kappa shape index (κ2) is 60.8. The van der Waals surface area contributed by atoms with Gasteiger partial charge in [0, 0.05) is 6.42 Å². The molecule has 0 radical (unpaired) electrons. The average Bonchev–Trinajstić information content (AvgIpc) is 1.15. The second-order valence-corrected chi connectivity index (χ2v) is 26.0. The molecule has 14 heteroatoms. The van der Waals surface area contributed by atoms with E-state index in [2.05, 4.69) is 92.1 Å². The number of aliphatic hydroxyl groups excluding tert-OH is 8. The molecular weight excluding hydrogens is 1150 g/mol. The fourth-order valence-electron chi connectivity index (χ4n) is 11.9. The summed E-state index contributed by atoms with van der Waals surface area (Å²) < 4.78 is 22.9. The van der Waals surface area contributed by atoms with Crippen LogP contribution in [0.25, 0.3) is 0 Å². The molecule has 0 aromatic carbocycles. The van der Waals surface area contributed by atoms with Gasteiger partial charge in [-0.05, 0) is 77.0 Å². The van der Waals surface area contributed by atoms with Crippen LogP contribution in [0.15, 0.2) is 85.1 Å². The summed E-state index contributed by atoms with van der Waals surface area (Å²) in [6.45, 7) is 2.70. The zero-order valence-electron chi connectivity index (χ0n) is 57.6. The molecule has 2 aliphatic rings. The Hall–Kier alpha value is -2.83. The van der Waals surface area contributed by atoms with Crippen LogP contribution in [0.2, 0.25) is 0 Å². The number of hydrogen-bond donors (Lipinski definition) is 9. The first-order valence-corrected chi connectivity index (χ1v) is 37.3. The van der Waals surface area contributed by atoms with Crippen molar-refractivity contribution in [3.8, 4) is 0 Å². The molecule has 9 N–H and O–H groups in total. The highest BCUT2D eigenvalue weighted by atomic mass is 16.7. The molecule has 0 aliphatic carbocycles. The molecular formula is C77H137NO13. The highest BCUT2D eigenvalue weighted by molar-refractivity contribution is 5.76. The second-order valence-electron chi connectivity index (χ2n) is 26.0. The van der Waals surface area contributed by atoms with Gasteiger partial charge in [0.05, 0.1) is 32.0 Å². The number of rotatable bonds is 61. The maximum Gasteiger partial charge on any atom is 0.220 e. The summed E-state index contributed by atoms with van der Waals surface area (Å²) in [6, 6.07) is -0.942. The van der Waals surface area contributed by atoms with Gasteiger partial charge in [0.15, 0.2) is 12.6 Å². The zero-order chi connectivity index (χ0) is 65.9. The fraction of sp³-hybridized carbons (Fsp3) is 0.805. The van der Waals surface area contributed by atoms with Crippen LogP contribution < -0.4 is 5.32 Å². The van der Waals surface area contributed by atoms with Crippen LogP contribution in [0.5, 0.6) is 0 Å². The molecule has 0 aromatic heterocycles. The number of unbranched alkanes of at least 4 members (excludes halogenated alkanes) is 36. The first-order chi connectivity index (χ1) is 44.6. The summed E-state index contributed by atoms with van der Waals surface area (Å²) >= 11 is 0. The van der Waals surface area contributed by atoms with Gasteiger partial charge in [-0.2, -0.15) is 0 Å². The summed E-state index contributed by atoms with van der Waals surface area (Å²) in [6.07, 6.45) is 67.9. The number of amides is 1. The molecule has 2 saturated heterocycles. The number of carbonyl (C=O) groups excluding carboxylic acids is 1. The minimum absolute atomic E-state index is 0.256. The lowest BCUT2D eigenvalue weighted by Gasteiger charge is -2.46. The molecule has 2 rings (SSSR count). The number of aliphatic hydroxyl groups is 8. The van der Waals surface area contributed by atoms with Crippen LogP contribution in [-0.4, -0.2) is 140 Å². The Morgan fingerprint density at radius 2 is 0.769 bits per heavy atom. The average molecular weight is 1280 g/mol. The molecule has 0 spiro atoms. The van der Waals surface area contributed by atoms with Crippen molar-refractivity contribution in [2.45, 2.75) is 376 Å². The summed E-state index contributed by atoms with van der Waals surface area (Å²) in [5, 5.41) is 87.5. The van der Waals surface area contributed by atoms with Crippen molar-refractivity contribution < 1.29 is 64.6 Å². The predicted octanol–water partition coefficient (Wildman–Crippen LogP) is 16.0. The number of ether oxygens (including phenoxy) is 4. The topological polar surface area (TPSA) is 228 Å². The van der Waals surface area contributed by atoms with E-state index in [4.69, 9.17) is 18.9 Å². The largest absolute Gasteiger partial charge is 0.394 e. The quantitative estimate of drug-likeness (QED) is 0.0204. The highest BCUT2D eigenvalue weighted by Gasteiger charge is 2.51. The lowest BCUT2D eigenvalue weighted by Crippen LogP contribution is -2.65. The van der Waals surface area contributed by atoms with Gasteiger partial charge in [0.25, 0.3) is 0 Å². The lowest BCUT2D eigenvalue weighted by molar-refractivity contribution is -0.359. The van der Waals surface area contributed by atoms with Crippen LogP contribution >= 0.6 is 0 Å². The molecule has 2 heterocycles. The van der Waals surface area contributed by atoms with Crippen LogP contribution in [0, 0.1) is 0 Å². The van der Waals surface area contributed by atoms with Crippen molar-refractivity contribution in [1.82, 2.24) is 5.32 Å². The number of allylic oxidation sites excluding steroid dienone is 13. The first kappa shape index (κ1) is 84.3. The normalized spacial score (nSPS) is 23.3. The van der Waals surface area contributed by atoms with Crippen molar-refractivity contribution >= 4 is 5.91 Å². The van der Waals surface area contributed by atoms with Crippen LogP contribution in [0.1, 0.15) is 303 Å². The Balaban J connectivity index is 1.67. The molecule has 12 unspecified atom stereocenters. The summed E-state index contributed by atoms with van der Waals surface area (Å²) in [5.41, 5.74) is 0. The third-order valence-corrected chi connectivity index (χ3v) is 17.8. The Labute approximate surface area is 554 Å². The molecule has 91 heavy (non-hydrogen) atoms. The SMILES string of the molecule is CC/C=C\C/C=C\C/C=C\C/C=C\C/C=C\CCCCCCCCCCCC(=O)NC(COC1OC(CO)C(OC2OC(CO)C(O)C(O)C2O)C(O)C1O)C(O)/C=C/CC/C=C/CCCCCCCCCCCCCCCCCCCCCCCCCCCC. The Morgan fingerprint density at radius 1 is 0.407 bits per heavy atom. The number of carbonyl (C=O) groups is 1. The molecule has 2 aliphatic heterocycles. The Morgan fingerprint density at radius 3 is 1.21 bits per heavy atom. The molecule has 528 valence electrons.